The Kier molecular flexibility index (Phi) is 3.25. The summed E-state index contributed by atoms with van der Waals surface area (Å²) in [6, 6.07) is 20.6. The maximum Gasteiger partial charge on any atom is 0.0704 e. The van der Waals surface area contributed by atoms with Crippen molar-refractivity contribution in [3.05, 3.63) is 78.0 Å². The molecule has 3 aromatic rings. The van der Waals surface area contributed by atoms with Crippen molar-refractivity contribution in [2.24, 2.45) is 5.73 Å². The molecule has 0 saturated carbocycles. The number of rotatable bonds is 3. The molecule has 0 aliphatic heterocycles. The Morgan fingerprint density at radius 2 is 1.79 bits per heavy atom. The van der Waals surface area contributed by atoms with E-state index in [1.54, 1.807) is 0 Å². The predicted octanol–water partition coefficient (Wildman–Crippen LogP) is 3.48. The molecule has 94 valence electrons. The van der Waals surface area contributed by atoms with Crippen LogP contribution >= 0.6 is 0 Å². The van der Waals surface area contributed by atoms with Crippen molar-refractivity contribution < 1.29 is 0 Å². The summed E-state index contributed by atoms with van der Waals surface area (Å²) >= 11 is 0. The third-order valence-corrected chi connectivity index (χ3v) is 3.35. The Hall–Kier alpha value is -2.19. The van der Waals surface area contributed by atoms with Crippen molar-refractivity contribution in [3.63, 3.8) is 0 Å². The molecular formula is C17H16N2. The van der Waals surface area contributed by atoms with Gasteiger partial charge in [-0.3, -0.25) is 4.98 Å². The smallest absolute Gasteiger partial charge is 0.0704 e. The molecule has 0 aliphatic carbocycles. The van der Waals surface area contributed by atoms with Crippen LogP contribution in [0.4, 0.5) is 0 Å². The van der Waals surface area contributed by atoms with Gasteiger partial charge in [-0.05, 0) is 29.7 Å². The van der Waals surface area contributed by atoms with Gasteiger partial charge in [-0.25, -0.2) is 0 Å². The Balaban J connectivity index is 1.85. The van der Waals surface area contributed by atoms with Crippen molar-refractivity contribution in [1.29, 1.82) is 0 Å². The molecule has 2 aromatic carbocycles. The van der Waals surface area contributed by atoms with Crippen LogP contribution in [-0.2, 0) is 6.42 Å². The minimum absolute atomic E-state index is 0.0300. The lowest BCUT2D eigenvalue weighted by atomic mass is 9.99. The number of nitrogens with zero attached hydrogens (tertiary/aromatic N) is 1. The summed E-state index contributed by atoms with van der Waals surface area (Å²) in [6.45, 7) is 0. The zero-order valence-electron chi connectivity index (χ0n) is 10.7. The van der Waals surface area contributed by atoms with E-state index in [2.05, 4.69) is 41.4 Å². The summed E-state index contributed by atoms with van der Waals surface area (Å²) in [6.07, 6.45) is 2.65. The van der Waals surface area contributed by atoms with Crippen LogP contribution in [0.2, 0.25) is 0 Å². The molecule has 1 aromatic heterocycles. The molecule has 1 atom stereocenters. The Labute approximate surface area is 112 Å². The van der Waals surface area contributed by atoms with Gasteiger partial charge in [-0.2, -0.15) is 0 Å². The molecule has 0 aliphatic rings. The number of benzene rings is 2. The molecule has 2 N–H and O–H groups in total. The van der Waals surface area contributed by atoms with Gasteiger partial charge in [0.25, 0.3) is 0 Å². The summed E-state index contributed by atoms with van der Waals surface area (Å²) in [5, 5.41) is 1.17. The maximum absolute atomic E-state index is 6.25. The molecular weight excluding hydrogens is 232 g/mol. The van der Waals surface area contributed by atoms with Crippen LogP contribution in [0.25, 0.3) is 10.9 Å². The topological polar surface area (TPSA) is 38.9 Å². The summed E-state index contributed by atoms with van der Waals surface area (Å²) in [4.78, 5) is 4.38. The highest BCUT2D eigenvalue weighted by atomic mass is 14.6. The average Bonchev–Trinajstić information content (AvgIpc) is 2.48. The van der Waals surface area contributed by atoms with Crippen molar-refractivity contribution in [2.75, 3.05) is 0 Å². The van der Waals surface area contributed by atoms with Gasteiger partial charge >= 0.3 is 0 Å². The standard InChI is InChI=1S/C17H16N2/c18-16(14-5-2-1-3-6-14)11-13-8-9-15-7-4-10-19-17(15)12-13/h1-10,12,16H,11,18H2. The number of hydrogen-bond acceptors (Lipinski definition) is 2. The van der Waals surface area contributed by atoms with E-state index in [1.807, 2.05) is 30.5 Å². The average molecular weight is 248 g/mol. The minimum Gasteiger partial charge on any atom is -0.324 e. The van der Waals surface area contributed by atoms with Gasteiger partial charge in [0.15, 0.2) is 0 Å². The van der Waals surface area contributed by atoms with Gasteiger partial charge < -0.3 is 5.73 Å². The van der Waals surface area contributed by atoms with Crippen LogP contribution < -0.4 is 5.73 Å². The monoisotopic (exact) mass is 248 g/mol. The van der Waals surface area contributed by atoms with Gasteiger partial charge in [-0.15, -0.1) is 0 Å². The molecule has 3 rings (SSSR count). The van der Waals surface area contributed by atoms with Crippen molar-refractivity contribution in [2.45, 2.75) is 12.5 Å². The molecule has 0 saturated heterocycles. The van der Waals surface area contributed by atoms with E-state index < -0.39 is 0 Å². The first-order valence-corrected chi connectivity index (χ1v) is 6.47. The minimum atomic E-state index is 0.0300. The van der Waals surface area contributed by atoms with Crippen LogP contribution in [0.1, 0.15) is 17.2 Å². The maximum atomic E-state index is 6.25. The lowest BCUT2D eigenvalue weighted by Gasteiger charge is -2.12. The van der Waals surface area contributed by atoms with E-state index in [9.17, 15) is 0 Å². The number of pyridine rings is 1. The Morgan fingerprint density at radius 1 is 0.947 bits per heavy atom. The van der Waals surface area contributed by atoms with E-state index in [0.717, 1.165) is 11.9 Å². The molecule has 0 amide bonds. The van der Waals surface area contributed by atoms with E-state index in [4.69, 9.17) is 5.73 Å². The molecule has 1 heterocycles. The van der Waals surface area contributed by atoms with Gasteiger partial charge in [0.2, 0.25) is 0 Å². The molecule has 2 nitrogen and oxygen atoms in total. The quantitative estimate of drug-likeness (QED) is 0.770. The van der Waals surface area contributed by atoms with E-state index in [1.165, 1.54) is 16.5 Å². The number of aromatic nitrogens is 1. The van der Waals surface area contributed by atoms with Crippen molar-refractivity contribution in [3.8, 4) is 0 Å². The van der Waals surface area contributed by atoms with Gasteiger partial charge in [0.1, 0.15) is 0 Å². The fourth-order valence-electron chi connectivity index (χ4n) is 2.31. The first-order chi connectivity index (χ1) is 9.33. The van der Waals surface area contributed by atoms with Crippen LogP contribution in [0, 0.1) is 0 Å². The fourth-order valence-corrected chi connectivity index (χ4v) is 2.31. The zero-order chi connectivity index (χ0) is 13.1. The number of nitrogens with two attached hydrogens (primary N) is 1. The summed E-state index contributed by atoms with van der Waals surface area (Å²) in [7, 11) is 0. The van der Waals surface area contributed by atoms with Gasteiger partial charge in [0.05, 0.1) is 5.52 Å². The molecule has 1 unspecified atom stereocenters. The highest BCUT2D eigenvalue weighted by Gasteiger charge is 2.07. The molecule has 2 heteroatoms. The molecule has 19 heavy (non-hydrogen) atoms. The lowest BCUT2D eigenvalue weighted by molar-refractivity contribution is 0.722. The highest BCUT2D eigenvalue weighted by molar-refractivity contribution is 5.78. The van der Waals surface area contributed by atoms with Crippen molar-refractivity contribution >= 4 is 10.9 Å². The predicted molar refractivity (Wildman–Crippen MR) is 78.8 cm³/mol. The van der Waals surface area contributed by atoms with Gasteiger partial charge in [0, 0.05) is 17.6 Å². The third-order valence-electron chi connectivity index (χ3n) is 3.35. The van der Waals surface area contributed by atoms with E-state index >= 15 is 0 Å². The first-order valence-electron chi connectivity index (χ1n) is 6.47. The zero-order valence-corrected chi connectivity index (χ0v) is 10.7. The summed E-state index contributed by atoms with van der Waals surface area (Å²) < 4.78 is 0. The second-order valence-electron chi connectivity index (χ2n) is 4.75. The van der Waals surface area contributed by atoms with Crippen LogP contribution in [0.3, 0.4) is 0 Å². The highest BCUT2D eigenvalue weighted by Crippen LogP contribution is 2.19. The summed E-state index contributed by atoms with van der Waals surface area (Å²) in [5.74, 6) is 0. The first kappa shape index (κ1) is 11.9. The van der Waals surface area contributed by atoms with Crippen LogP contribution in [-0.4, -0.2) is 4.98 Å². The second kappa shape index (κ2) is 5.21. The van der Waals surface area contributed by atoms with Crippen molar-refractivity contribution in [1.82, 2.24) is 4.98 Å². The number of fused-ring (bicyclic) bond motifs is 1. The van der Waals surface area contributed by atoms with Crippen LogP contribution in [0.15, 0.2) is 66.9 Å². The molecule has 0 radical (unpaired) electrons. The number of hydrogen-bond donors (Lipinski definition) is 1. The van der Waals surface area contributed by atoms with E-state index in [0.29, 0.717) is 0 Å². The van der Waals surface area contributed by atoms with Gasteiger partial charge in [-0.1, -0.05) is 48.5 Å². The Bertz CT molecular complexity index is 677. The fraction of sp³-hybridized carbons (Fsp3) is 0.118. The summed E-state index contributed by atoms with van der Waals surface area (Å²) in [5.41, 5.74) is 9.67. The SMILES string of the molecule is NC(Cc1ccc2cccnc2c1)c1ccccc1. The third kappa shape index (κ3) is 2.64. The Morgan fingerprint density at radius 3 is 2.63 bits per heavy atom. The molecule has 0 bridgehead atoms. The largest absolute Gasteiger partial charge is 0.324 e. The second-order valence-corrected chi connectivity index (χ2v) is 4.75. The van der Waals surface area contributed by atoms with Crippen LogP contribution in [0.5, 0.6) is 0 Å². The lowest BCUT2D eigenvalue weighted by Crippen LogP contribution is -2.13. The molecule has 0 fully saturated rings. The normalized spacial score (nSPS) is 12.5. The molecule has 0 spiro atoms. The van der Waals surface area contributed by atoms with E-state index in [-0.39, 0.29) is 6.04 Å².